The molecule has 1 aliphatic carbocycles. The second-order valence-electron chi connectivity index (χ2n) is 7.96. The van der Waals surface area contributed by atoms with Gasteiger partial charge in [0.1, 0.15) is 0 Å². The second kappa shape index (κ2) is 6.76. The Morgan fingerprint density at radius 2 is 1.77 bits per heavy atom. The third-order valence-corrected chi connectivity index (χ3v) is 6.96. The number of ether oxygens (including phenoxy) is 2. The van der Waals surface area contributed by atoms with Crippen LogP contribution in [0.5, 0.6) is 0 Å². The Kier molecular flexibility index (Phi) is 4.72. The van der Waals surface area contributed by atoms with Gasteiger partial charge in [0.2, 0.25) is 0 Å². The number of piperidine rings is 1. The third-order valence-electron chi connectivity index (χ3n) is 6.96. The highest BCUT2D eigenvalue weighted by atomic mass is 16.5. The molecule has 1 saturated carbocycles. The maximum Gasteiger partial charge on any atom is 0.0604 e. The normalized spacial score (nSPS) is 49.2. The number of fused-ring (bicyclic) bond motifs is 1. The van der Waals surface area contributed by atoms with Gasteiger partial charge in [-0.15, -0.1) is 0 Å². The number of hydrogen-bond acceptors (Lipinski definition) is 4. The van der Waals surface area contributed by atoms with Crippen molar-refractivity contribution >= 4 is 0 Å². The maximum absolute atomic E-state index is 5.83. The molecule has 0 radical (unpaired) electrons. The first-order valence-electron chi connectivity index (χ1n) is 9.44. The van der Waals surface area contributed by atoms with E-state index in [1.807, 2.05) is 7.11 Å². The van der Waals surface area contributed by atoms with Crippen LogP contribution in [0, 0.1) is 29.6 Å². The topological polar surface area (TPSA) is 42.5 Å². The third kappa shape index (κ3) is 2.83. The molecule has 0 aromatic heterocycles. The molecule has 126 valence electrons. The molecule has 4 fully saturated rings. The van der Waals surface area contributed by atoms with E-state index in [9.17, 15) is 0 Å². The summed E-state index contributed by atoms with van der Waals surface area (Å²) in [5, 5.41) is 7.56. The van der Waals surface area contributed by atoms with E-state index in [4.69, 9.17) is 9.47 Å². The minimum Gasteiger partial charge on any atom is -0.381 e. The minimum atomic E-state index is 0.500. The molecule has 3 heterocycles. The molecule has 7 unspecified atom stereocenters. The maximum atomic E-state index is 5.83. The van der Waals surface area contributed by atoms with Crippen molar-refractivity contribution < 1.29 is 9.47 Å². The number of nitrogens with one attached hydrogen (secondary N) is 2. The number of hydrogen-bond donors (Lipinski definition) is 2. The van der Waals surface area contributed by atoms with E-state index < -0.39 is 0 Å². The number of rotatable bonds is 3. The van der Waals surface area contributed by atoms with Crippen LogP contribution in [0.15, 0.2) is 0 Å². The van der Waals surface area contributed by atoms with Gasteiger partial charge in [0, 0.05) is 26.9 Å². The van der Waals surface area contributed by atoms with E-state index in [0.717, 1.165) is 42.8 Å². The Hall–Kier alpha value is -0.160. The van der Waals surface area contributed by atoms with Gasteiger partial charge >= 0.3 is 0 Å². The molecule has 4 aliphatic rings. The zero-order chi connectivity index (χ0) is 14.9. The van der Waals surface area contributed by atoms with Crippen LogP contribution in [0.1, 0.15) is 38.5 Å². The molecule has 0 spiro atoms. The van der Waals surface area contributed by atoms with E-state index in [-0.39, 0.29) is 0 Å². The molecule has 7 atom stereocenters. The summed E-state index contributed by atoms with van der Waals surface area (Å²) in [6.07, 6.45) is 9.08. The molecule has 4 nitrogen and oxygen atoms in total. The summed E-state index contributed by atoms with van der Waals surface area (Å²) >= 11 is 0. The van der Waals surface area contributed by atoms with Crippen molar-refractivity contribution in [2.75, 3.05) is 33.4 Å². The summed E-state index contributed by atoms with van der Waals surface area (Å²) in [5.41, 5.74) is 0. The summed E-state index contributed by atoms with van der Waals surface area (Å²) in [6.45, 7) is 4.32. The van der Waals surface area contributed by atoms with Gasteiger partial charge in [-0.05, 0) is 61.8 Å². The molecular weight excluding hydrogens is 276 g/mol. The van der Waals surface area contributed by atoms with E-state index in [1.54, 1.807) is 0 Å². The average molecular weight is 308 g/mol. The standard InChI is InChI=1S/C18H32N2O2/c1-21-17-5-3-2-4-14(17)13-8-15-16(12-6-7-22-11-12)10-20-18(15)19-9-13/h12-20H,2-11H2,1H3. The smallest absolute Gasteiger partial charge is 0.0604 e. The van der Waals surface area contributed by atoms with Crippen LogP contribution in [0.4, 0.5) is 0 Å². The molecule has 0 aromatic carbocycles. The highest BCUT2D eigenvalue weighted by molar-refractivity contribution is 4.99. The SMILES string of the molecule is COC1CCCCC1C1CNC2NCC(C3CCOC3)C2C1. The van der Waals surface area contributed by atoms with Gasteiger partial charge < -0.3 is 20.1 Å². The monoisotopic (exact) mass is 308 g/mol. The van der Waals surface area contributed by atoms with Gasteiger partial charge in [0.05, 0.1) is 12.3 Å². The molecule has 4 heteroatoms. The Labute approximate surface area is 134 Å². The molecule has 3 saturated heterocycles. The van der Waals surface area contributed by atoms with Crippen molar-refractivity contribution in [3.05, 3.63) is 0 Å². The molecule has 4 rings (SSSR count). The summed E-state index contributed by atoms with van der Waals surface area (Å²) < 4.78 is 11.5. The lowest BCUT2D eigenvalue weighted by molar-refractivity contribution is -0.0174. The van der Waals surface area contributed by atoms with Crippen molar-refractivity contribution in [3.8, 4) is 0 Å². The van der Waals surface area contributed by atoms with Gasteiger partial charge in [-0.1, -0.05) is 12.8 Å². The zero-order valence-corrected chi connectivity index (χ0v) is 13.9. The molecular formula is C18H32N2O2. The lowest BCUT2D eigenvalue weighted by atomic mass is 9.69. The van der Waals surface area contributed by atoms with Gasteiger partial charge in [0.15, 0.2) is 0 Å². The van der Waals surface area contributed by atoms with E-state index in [0.29, 0.717) is 12.3 Å². The van der Waals surface area contributed by atoms with Crippen LogP contribution >= 0.6 is 0 Å². The first kappa shape index (κ1) is 15.4. The van der Waals surface area contributed by atoms with E-state index in [1.165, 1.54) is 51.6 Å². The molecule has 0 aromatic rings. The number of methoxy groups -OCH3 is 1. The predicted octanol–water partition coefficient (Wildman–Crippen LogP) is 2.00. The van der Waals surface area contributed by atoms with Crippen LogP contribution in [-0.2, 0) is 9.47 Å². The fourth-order valence-corrected chi connectivity index (χ4v) is 5.75. The molecule has 3 aliphatic heterocycles. The fourth-order valence-electron chi connectivity index (χ4n) is 5.75. The van der Waals surface area contributed by atoms with Crippen LogP contribution in [0.2, 0.25) is 0 Å². The summed E-state index contributed by atoms with van der Waals surface area (Å²) in [7, 11) is 1.91. The lowest BCUT2D eigenvalue weighted by Gasteiger charge is -2.43. The lowest BCUT2D eigenvalue weighted by Crippen LogP contribution is -2.52. The van der Waals surface area contributed by atoms with Crippen LogP contribution in [0.3, 0.4) is 0 Å². The molecule has 0 amide bonds. The van der Waals surface area contributed by atoms with E-state index >= 15 is 0 Å². The van der Waals surface area contributed by atoms with Crippen molar-refractivity contribution in [1.29, 1.82) is 0 Å². The Morgan fingerprint density at radius 3 is 2.59 bits per heavy atom. The van der Waals surface area contributed by atoms with Gasteiger partial charge in [0.25, 0.3) is 0 Å². The largest absolute Gasteiger partial charge is 0.381 e. The highest BCUT2D eigenvalue weighted by Gasteiger charge is 2.46. The molecule has 0 bridgehead atoms. The van der Waals surface area contributed by atoms with Crippen LogP contribution in [-0.4, -0.2) is 45.7 Å². The van der Waals surface area contributed by atoms with Crippen molar-refractivity contribution in [2.45, 2.75) is 50.8 Å². The Balaban J connectivity index is 1.43. The first-order chi connectivity index (χ1) is 10.9. The van der Waals surface area contributed by atoms with Crippen molar-refractivity contribution in [1.82, 2.24) is 10.6 Å². The minimum absolute atomic E-state index is 0.500. The van der Waals surface area contributed by atoms with Crippen molar-refractivity contribution in [3.63, 3.8) is 0 Å². The molecule has 2 N–H and O–H groups in total. The summed E-state index contributed by atoms with van der Waals surface area (Å²) in [4.78, 5) is 0. The predicted molar refractivity (Wildman–Crippen MR) is 86.6 cm³/mol. The van der Waals surface area contributed by atoms with Crippen molar-refractivity contribution in [2.24, 2.45) is 29.6 Å². The Morgan fingerprint density at radius 1 is 0.909 bits per heavy atom. The van der Waals surface area contributed by atoms with Crippen LogP contribution < -0.4 is 10.6 Å². The van der Waals surface area contributed by atoms with E-state index in [2.05, 4.69) is 10.6 Å². The van der Waals surface area contributed by atoms with Crippen LogP contribution in [0.25, 0.3) is 0 Å². The highest BCUT2D eigenvalue weighted by Crippen LogP contribution is 2.43. The quantitative estimate of drug-likeness (QED) is 0.837. The molecule has 22 heavy (non-hydrogen) atoms. The second-order valence-corrected chi connectivity index (χ2v) is 7.96. The van der Waals surface area contributed by atoms with Gasteiger partial charge in [-0.25, -0.2) is 0 Å². The fraction of sp³-hybridized carbons (Fsp3) is 1.00. The van der Waals surface area contributed by atoms with Gasteiger partial charge in [-0.3, -0.25) is 0 Å². The van der Waals surface area contributed by atoms with Gasteiger partial charge in [-0.2, -0.15) is 0 Å². The first-order valence-corrected chi connectivity index (χ1v) is 9.44. The average Bonchev–Trinajstić information content (AvgIpc) is 3.23. The Bertz CT molecular complexity index is 372. The zero-order valence-electron chi connectivity index (χ0n) is 13.9. The summed E-state index contributed by atoms with van der Waals surface area (Å²) in [6, 6.07) is 0. The summed E-state index contributed by atoms with van der Waals surface area (Å²) in [5.74, 6) is 3.97.